The number of halogens is 2. The van der Waals surface area contributed by atoms with E-state index in [9.17, 15) is 10.1 Å². The van der Waals surface area contributed by atoms with Crippen LogP contribution in [0.25, 0.3) is 6.08 Å². The topological polar surface area (TPSA) is 71.3 Å². The summed E-state index contributed by atoms with van der Waals surface area (Å²) in [6.45, 7) is 6.23. The lowest BCUT2D eigenvalue weighted by atomic mass is 10.1. The first-order chi connectivity index (χ1) is 13.5. The number of anilines is 1. The average Bonchev–Trinajstić information content (AvgIpc) is 2.67. The standard InChI is InChI=1S/C21H18Cl2N2O3/c1-3-9-28-20-14(11-16(22)12-19(20)23)10-15(13-24)21(26)25-17-5-7-18(8-6-17)27-4-2/h3,5-8,10-12H,1,4,9H2,2H3,(H,25,26)/b15-10+. The predicted molar refractivity (Wildman–Crippen MR) is 112 cm³/mol. The van der Waals surface area contributed by atoms with E-state index in [1.54, 1.807) is 36.4 Å². The molecule has 0 bridgehead atoms. The van der Waals surface area contributed by atoms with Crippen LogP contribution >= 0.6 is 23.2 Å². The SMILES string of the molecule is C=CCOc1c(Cl)cc(Cl)cc1/C=C(\C#N)C(=O)Nc1ccc(OCC)cc1. The Balaban J connectivity index is 2.28. The van der Waals surface area contributed by atoms with Crippen LogP contribution in [0.3, 0.4) is 0 Å². The third-order valence-electron chi connectivity index (χ3n) is 3.47. The van der Waals surface area contributed by atoms with Crippen LogP contribution in [0.4, 0.5) is 5.69 Å². The van der Waals surface area contributed by atoms with Crippen LogP contribution in [0.2, 0.25) is 10.0 Å². The van der Waals surface area contributed by atoms with Crippen LogP contribution in [0, 0.1) is 11.3 Å². The van der Waals surface area contributed by atoms with Crippen LogP contribution in [0.15, 0.2) is 54.6 Å². The van der Waals surface area contributed by atoms with Crippen molar-refractivity contribution in [1.82, 2.24) is 0 Å². The molecule has 1 amide bonds. The van der Waals surface area contributed by atoms with E-state index in [0.29, 0.717) is 34.4 Å². The van der Waals surface area contributed by atoms with E-state index in [1.165, 1.54) is 12.1 Å². The molecule has 7 heteroatoms. The Hall–Kier alpha value is -2.94. The summed E-state index contributed by atoms with van der Waals surface area (Å²) < 4.78 is 10.9. The lowest BCUT2D eigenvalue weighted by Crippen LogP contribution is -2.13. The quantitative estimate of drug-likeness (QED) is 0.350. The highest BCUT2D eigenvalue weighted by atomic mass is 35.5. The summed E-state index contributed by atoms with van der Waals surface area (Å²) >= 11 is 12.2. The summed E-state index contributed by atoms with van der Waals surface area (Å²) in [7, 11) is 0. The van der Waals surface area contributed by atoms with Crippen molar-refractivity contribution in [3.63, 3.8) is 0 Å². The van der Waals surface area contributed by atoms with E-state index >= 15 is 0 Å². The van der Waals surface area contributed by atoms with Crippen LogP contribution in [0.5, 0.6) is 11.5 Å². The van der Waals surface area contributed by atoms with Gasteiger partial charge in [-0.2, -0.15) is 5.26 Å². The van der Waals surface area contributed by atoms with Crippen molar-refractivity contribution in [2.75, 3.05) is 18.5 Å². The molecule has 1 N–H and O–H groups in total. The monoisotopic (exact) mass is 416 g/mol. The van der Waals surface area contributed by atoms with Crippen molar-refractivity contribution >= 4 is 40.9 Å². The second-order valence-corrected chi connectivity index (χ2v) is 6.33. The molecule has 0 aliphatic rings. The highest BCUT2D eigenvalue weighted by molar-refractivity contribution is 6.36. The molecule has 0 aliphatic carbocycles. The molecule has 0 radical (unpaired) electrons. The zero-order chi connectivity index (χ0) is 20.5. The Morgan fingerprint density at radius 3 is 2.57 bits per heavy atom. The van der Waals surface area contributed by atoms with Gasteiger partial charge in [0.25, 0.3) is 5.91 Å². The average molecular weight is 417 g/mol. The zero-order valence-corrected chi connectivity index (χ0v) is 16.7. The Morgan fingerprint density at radius 1 is 1.25 bits per heavy atom. The molecule has 2 aromatic carbocycles. The minimum Gasteiger partial charge on any atom is -0.494 e. The lowest BCUT2D eigenvalue weighted by molar-refractivity contribution is -0.112. The zero-order valence-electron chi connectivity index (χ0n) is 15.2. The molecule has 0 unspecified atom stereocenters. The molecule has 2 rings (SSSR count). The summed E-state index contributed by atoms with van der Waals surface area (Å²) in [6.07, 6.45) is 2.93. The van der Waals surface area contributed by atoms with Gasteiger partial charge in [0, 0.05) is 16.3 Å². The van der Waals surface area contributed by atoms with Crippen molar-refractivity contribution in [2.45, 2.75) is 6.92 Å². The van der Waals surface area contributed by atoms with Gasteiger partial charge in [-0.25, -0.2) is 0 Å². The van der Waals surface area contributed by atoms with Crippen LogP contribution in [-0.2, 0) is 4.79 Å². The molecular weight excluding hydrogens is 399 g/mol. The maximum absolute atomic E-state index is 12.5. The molecule has 0 fully saturated rings. The van der Waals surface area contributed by atoms with Crippen LogP contribution in [0.1, 0.15) is 12.5 Å². The van der Waals surface area contributed by atoms with Crippen molar-refractivity contribution < 1.29 is 14.3 Å². The van der Waals surface area contributed by atoms with Crippen molar-refractivity contribution in [3.05, 3.63) is 70.2 Å². The fourth-order valence-corrected chi connectivity index (χ4v) is 2.85. The number of nitrogens with one attached hydrogen (secondary N) is 1. The summed E-state index contributed by atoms with van der Waals surface area (Å²) in [5.41, 5.74) is 0.815. The number of amides is 1. The van der Waals surface area contributed by atoms with Gasteiger partial charge < -0.3 is 14.8 Å². The third-order valence-corrected chi connectivity index (χ3v) is 3.97. The Labute approximate surface area is 173 Å². The van der Waals surface area contributed by atoms with Gasteiger partial charge in [0.05, 0.1) is 11.6 Å². The van der Waals surface area contributed by atoms with Crippen LogP contribution < -0.4 is 14.8 Å². The van der Waals surface area contributed by atoms with Gasteiger partial charge in [-0.05, 0) is 49.4 Å². The third kappa shape index (κ3) is 5.78. The Bertz CT molecular complexity index is 932. The number of hydrogen-bond donors (Lipinski definition) is 1. The highest BCUT2D eigenvalue weighted by Crippen LogP contribution is 2.34. The molecule has 0 heterocycles. The predicted octanol–water partition coefficient (Wildman–Crippen LogP) is 5.50. The molecule has 0 saturated carbocycles. The molecule has 28 heavy (non-hydrogen) atoms. The van der Waals surface area contributed by atoms with E-state index in [2.05, 4.69) is 11.9 Å². The molecule has 2 aromatic rings. The molecule has 0 atom stereocenters. The van der Waals surface area contributed by atoms with Gasteiger partial charge in [0.15, 0.2) is 0 Å². The molecule has 0 saturated heterocycles. The van der Waals surface area contributed by atoms with E-state index < -0.39 is 5.91 Å². The number of nitriles is 1. The normalized spacial score (nSPS) is 10.7. The lowest BCUT2D eigenvalue weighted by Gasteiger charge is -2.11. The number of ether oxygens (including phenoxy) is 2. The molecule has 0 spiro atoms. The first kappa shape index (κ1) is 21.4. The minimum absolute atomic E-state index is 0.129. The fraction of sp³-hybridized carbons (Fsp3) is 0.143. The summed E-state index contributed by atoms with van der Waals surface area (Å²) in [4.78, 5) is 12.5. The molecule has 0 aliphatic heterocycles. The second-order valence-electron chi connectivity index (χ2n) is 5.49. The maximum atomic E-state index is 12.5. The van der Waals surface area contributed by atoms with Gasteiger partial charge in [0.1, 0.15) is 29.7 Å². The molecular formula is C21H18Cl2N2O3. The number of rotatable bonds is 8. The second kappa shape index (κ2) is 10.4. The van der Waals surface area contributed by atoms with Crippen LogP contribution in [-0.4, -0.2) is 19.1 Å². The number of nitrogens with zero attached hydrogens (tertiary/aromatic N) is 1. The summed E-state index contributed by atoms with van der Waals surface area (Å²) in [5.74, 6) is 0.430. The molecule has 0 aromatic heterocycles. The van der Waals surface area contributed by atoms with E-state index in [-0.39, 0.29) is 17.2 Å². The number of hydrogen-bond acceptors (Lipinski definition) is 4. The van der Waals surface area contributed by atoms with Crippen molar-refractivity contribution in [2.24, 2.45) is 0 Å². The first-order valence-corrected chi connectivity index (χ1v) is 9.12. The minimum atomic E-state index is -0.572. The summed E-state index contributed by atoms with van der Waals surface area (Å²) in [5, 5.41) is 12.7. The molecule has 5 nitrogen and oxygen atoms in total. The Morgan fingerprint density at radius 2 is 1.96 bits per heavy atom. The van der Waals surface area contributed by atoms with Gasteiger partial charge in [-0.1, -0.05) is 35.9 Å². The Kier molecular flexibility index (Phi) is 7.94. The number of carbonyl (C=O) groups excluding carboxylic acids is 1. The maximum Gasteiger partial charge on any atom is 0.266 e. The van der Waals surface area contributed by atoms with E-state index in [1.807, 2.05) is 13.0 Å². The summed E-state index contributed by atoms with van der Waals surface area (Å²) in [6, 6.07) is 11.8. The van der Waals surface area contributed by atoms with Crippen molar-refractivity contribution in [3.8, 4) is 17.6 Å². The largest absolute Gasteiger partial charge is 0.494 e. The van der Waals surface area contributed by atoms with Gasteiger partial charge in [-0.3, -0.25) is 4.79 Å². The van der Waals surface area contributed by atoms with E-state index in [0.717, 1.165) is 0 Å². The highest BCUT2D eigenvalue weighted by Gasteiger charge is 2.14. The first-order valence-electron chi connectivity index (χ1n) is 8.37. The van der Waals surface area contributed by atoms with Crippen molar-refractivity contribution in [1.29, 1.82) is 5.26 Å². The number of carbonyl (C=O) groups is 1. The smallest absolute Gasteiger partial charge is 0.266 e. The number of benzene rings is 2. The van der Waals surface area contributed by atoms with Gasteiger partial charge >= 0.3 is 0 Å². The van der Waals surface area contributed by atoms with Gasteiger partial charge in [-0.15, -0.1) is 0 Å². The van der Waals surface area contributed by atoms with E-state index in [4.69, 9.17) is 32.7 Å². The molecule has 144 valence electrons. The fourth-order valence-electron chi connectivity index (χ4n) is 2.29. The van der Waals surface area contributed by atoms with Gasteiger partial charge in [0.2, 0.25) is 0 Å².